The Morgan fingerprint density at radius 2 is 1.96 bits per heavy atom. The van der Waals surface area contributed by atoms with Gasteiger partial charge in [-0.05, 0) is 43.5 Å². The lowest BCUT2D eigenvalue weighted by Gasteiger charge is -2.30. The van der Waals surface area contributed by atoms with Crippen molar-refractivity contribution in [1.29, 1.82) is 0 Å². The third kappa shape index (κ3) is 4.00. The van der Waals surface area contributed by atoms with Crippen LogP contribution in [-0.2, 0) is 9.59 Å². The monoisotopic (exact) mass is 383 g/mol. The lowest BCUT2D eigenvalue weighted by molar-refractivity contribution is -0.130. The van der Waals surface area contributed by atoms with Crippen LogP contribution in [-0.4, -0.2) is 41.8 Å². The highest BCUT2D eigenvalue weighted by molar-refractivity contribution is 5.93. The van der Waals surface area contributed by atoms with Gasteiger partial charge in [0.05, 0.1) is 0 Å². The molecule has 2 aliphatic rings. The van der Waals surface area contributed by atoms with Crippen molar-refractivity contribution >= 4 is 23.7 Å². The summed E-state index contributed by atoms with van der Waals surface area (Å²) in [7, 11) is 0. The summed E-state index contributed by atoms with van der Waals surface area (Å²) in [5.74, 6) is 2.17. The van der Waals surface area contributed by atoms with E-state index in [1.165, 1.54) is 0 Å². The predicted octanol–water partition coefficient (Wildman–Crippen LogP) is 2.60. The van der Waals surface area contributed by atoms with Gasteiger partial charge in [-0.25, -0.2) is 0 Å². The number of rotatable bonds is 4. The summed E-state index contributed by atoms with van der Waals surface area (Å²) in [4.78, 5) is 26.5. The number of hydrogen-bond acceptors (Lipinski definition) is 6. The highest BCUT2D eigenvalue weighted by Crippen LogP contribution is 2.32. The topological polar surface area (TPSA) is 93.9 Å². The predicted molar refractivity (Wildman–Crippen MR) is 101 cm³/mol. The number of hydrogen-bond donors (Lipinski definition) is 1. The van der Waals surface area contributed by atoms with Gasteiger partial charge in [0, 0.05) is 31.1 Å². The number of anilines is 1. The number of amides is 2. The van der Waals surface area contributed by atoms with E-state index in [1.807, 2.05) is 18.2 Å². The highest BCUT2D eigenvalue weighted by atomic mass is 16.7. The number of likely N-dealkylation sites (tertiary alicyclic amines) is 1. The van der Waals surface area contributed by atoms with Gasteiger partial charge in [-0.2, -0.15) is 0 Å². The van der Waals surface area contributed by atoms with Crippen molar-refractivity contribution < 1.29 is 23.6 Å². The molecule has 0 bridgehead atoms. The zero-order chi connectivity index (χ0) is 19.5. The molecule has 1 fully saturated rings. The molecule has 1 saturated heterocycles. The molecule has 0 saturated carbocycles. The third-order valence-electron chi connectivity index (χ3n) is 4.87. The largest absolute Gasteiger partial charge is 0.454 e. The van der Waals surface area contributed by atoms with E-state index >= 15 is 0 Å². The molecule has 2 amide bonds. The molecular weight excluding hydrogens is 362 g/mol. The van der Waals surface area contributed by atoms with Crippen molar-refractivity contribution in [1.82, 2.24) is 10.1 Å². The SMILES string of the molecule is Cc1cc(NC(=O)C2CCN(C(=O)C=Cc3ccc4c(c3)OCO4)CC2)no1. The number of nitrogens with one attached hydrogen (secondary N) is 1. The number of piperidine rings is 1. The lowest BCUT2D eigenvalue weighted by atomic mass is 9.96. The Balaban J connectivity index is 1.28. The number of ether oxygens (including phenoxy) is 2. The summed E-state index contributed by atoms with van der Waals surface area (Å²) in [6.45, 7) is 3.07. The fraction of sp³-hybridized carbons (Fsp3) is 0.350. The number of benzene rings is 1. The second-order valence-electron chi connectivity index (χ2n) is 6.86. The van der Waals surface area contributed by atoms with Gasteiger partial charge in [0.15, 0.2) is 17.3 Å². The first kappa shape index (κ1) is 18.1. The average Bonchev–Trinajstić information content (AvgIpc) is 3.34. The quantitative estimate of drug-likeness (QED) is 0.816. The van der Waals surface area contributed by atoms with Crippen molar-refractivity contribution in [3.63, 3.8) is 0 Å². The Labute approximate surface area is 162 Å². The molecule has 2 aliphatic heterocycles. The fourth-order valence-electron chi connectivity index (χ4n) is 3.31. The van der Waals surface area contributed by atoms with Gasteiger partial charge < -0.3 is 24.2 Å². The molecule has 0 aliphatic carbocycles. The van der Waals surface area contributed by atoms with E-state index in [0.717, 1.165) is 5.56 Å². The van der Waals surface area contributed by atoms with Gasteiger partial charge in [-0.1, -0.05) is 11.2 Å². The zero-order valence-electron chi connectivity index (χ0n) is 15.5. The lowest BCUT2D eigenvalue weighted by Crippen LogP contribution is -2.40. The molecule has 0 atom stereocenters. The second kappa shape index (κ2) is 7.75. The van der Waals surface area contributed by atoms with Crippen LogP contribution in [0.2, 0.25) is 0 Å². The molecule has 4 rings (SSSR count). The Morgan fingerprint density at radius 3 is 2.71 bits per heavy atom. The molecule has 2 aromatic rings. The Morgan fingerprint density at radius 1 is 1.18 bits per heavy atom. The van der Waals surface area contributed by atoms with Crippen LogP contribution in [0.4, 0.5) is 5.82 Å². The molecule has 3 heterocycles. The standard InChI is InChI=1S/C20H21N3O5/c1-13-10-18(22-28-13)21-20(25)15-6-8-23(9-7-15)19(24)5-3-14-2-4-16-17(11-14)27-12-26-16/h2-5,10-11,15H,6-9,12H2,1H3,(H,21,22,25). The van der Waals surface area contributed by atoms with Crippen LogP contribution in [0, 0.1) is 12.8 Å². The molecule has 146 valence electrons. The van der Waals surface area contributed by atoms with E-state index in [-0.39, 0.29) is 24.5 Å². The first-order valence-electron chi connectivity index (χ1n) is 9.19. The third-order valence-corrected chi connectivity index (χ3v) is 4.87. The summed E-state index contributed by atoms with van der Waals surface area (Å²) < 4.78 is 15.6. The number of aryl methyl sites for hydroxylation is 1. The van der Waals surface area contributed by atoms with Crippen molar-refractivity contribution in [3.05, 3.63) is 41.7 Å². The molecule has 1 N–H and O–H groups in total. The first-order valence-corrected chi connectivity index (χ1v) is 9.19. The maximum absolute atomic E-state index is 12.4. The van der Waals surface area contributed by atoms with Crippen molar-refractivity contribution in [2.75, 3.05) is 25.2 Å². The summed E-state index contributed by atoms with van der Waals surface area (Å²) >= 11 is 0. The van der Waals surface area contributed by atoms with Crippen molar-refractivity contribution in [3.8, 4) is 11.5 Å². The normalized spacial score (nSPS) is 16.5. The number of aromatic nitrogens is 1. The van der Waals surface area contributed by atoms with Crippen LogP contribution in [0.25, 0.3) is 6.08 Å². The first-order chi connectivity index (χ1) is 13.6. The number of carbonyl (C=O) groups excluding carboxylic acids is 2. The number of fused-ring (bicyclic) bond motifs is 1. The maximum Gasteiger partial charge on any atom is 0.246 e. The molecule has 8 heteroatoms. The Hall–Kier alpha value is -3.29. The van der Waals surface area contributed by atoms with E-state index in [0.29, 0.717) is 49.0 Å². The zero-order valence-corrected chi connectivity index (χ0v) is 15.5. The molecular formula is C20H21N3O5. The van der Waals surface area contributed by atoms with Gasteiger partial charge in [-0.3, -0.25) is 9.59 Å². The average molecular weight is 383 g/mol. The molecule has 28 heavy (non-hydrogen) atoms. The Bertz CT molecular complexity index is 912. The minimum atomic E-state index is -0.140. The molecule has 0 unspecified atom stereocenters. The highest BCUT2D eigenvalue weighted by Gasteiger charge is 2.27. The van der Waals surface area contributed by atoms with E-state index in [9.17, 15) is 9.59 Å². The van der Waals surface area contributed by atoms with Crippen molar-refractivity contribution in [2.24, 2.45) is 5.92 Å². The van der Waals surface area contributed by atoms with Gasteiger partial charge in [0.25, 0.3) is 0 Å². The summed E-state index contributed by atoms with van der Waals surface area (Å²) in [5, 5.41) is 6.53. The number of carbonyl (C=O) groups is 2. The van der Waals surface area contributed by atoms with Crippen LogP contribution in [0.15, 0.2) is 34.9 Å². The van der Waals surface area contributed by atoms with Crippen LogP contribution in [0.1, 0.15) is 24.2 Å². The second-order valence-corrected chi connectivity index (χ2v) is 6.86. The smallest absolute Gasteiger partial charge is 0.246 e. The van der Waals surface area contributed by atoms with Crippen LogP contribution < -0.4 is 14.8 Å². The van der Waals surface area contributed by atoms with Gasteiger partial charge >= 0.3 is 0 Å². The van der Waals surface area contributed by atoms with Crippen molar-refractivity contribution in [2.45, 2.75) is 19.8 Å². The number of nitrogens with zero attached hydrogens (tertiary/aromatic N) is 2. The summed E-state index contributed by atoms with van der Waals surface area (Å²) in [6.07, 6.45) is 4.55. The van der Waals surface area contributed by atoms with E-state index < -0.39 is 0 Å². The summed E-state index contributed by atoms with van der Waals surface area (Å²) in [5.41, 5.74) is 0.870. The molecule has 1 aromatic heterocycles. The van der Waals surface area contributed by atoms with E-state index in [2.05, 4.69) is 10.5 Å². The van der Waals surface area contributed by atoms with Crippen LogP contribution in [0.3, 0.4) is 0 Å². The van der Waals surface area contributed by atoms with Gasteiger partial charge in [0.1, 0.15) is 5.76 Å². The molecule has 1 aromatic carbocycles. The fourth-order valence-corrected chi connectivity index (χ4v) is 3.31. The molecule has 8 nitrogen and oxygen atoms in total. The van der Waals surface area contributed by atoms with Gasteiger partial charge in [-0.15, -0.1) is 0 Å². The van der Waals surface area contributed by atoms with Gasteiger partial charge in [0.2, 0.25) is 18.6 Å². The molecule has 0 spiro atoms. The van der Waals surface area contributed by atoms with E-state index in [1.54, 1.807) is 30.0 Å². The van der Waals surface area contributed by atoms with E-state index in [4.69, 9.17) is 14.0 Å². The molecule has 0 radical (unpaired) electrons. The van der Waals surface area contributed by atoms with Crippen LogP contribution in [0.5, 0.6) is 11.5 Å². The minimum Gasteiger partial charge on any atom is -0.454 e. The van der Waals surface area contributed by atoms with Crippen LogP contribution >= 0.6 is 0 Å². The minimum absolute atomic E-state index is 0.0661. The summed E-state index contributed by atoms with van der Waals surface area (Å²) in [6, 6.07) is 7.22. The Kier molecular flexibility index (Phi) is 5.01. The maximum atomic E-state index is 12.4.